The number of hydrogen-bond donors (Lipinski definition) is 0. The Morgan fingerprint density at radius 1 is 0.440 bits per heavy atom. The SMILES string of the molecule is c1ccc(-c2nc(-c3ccccc3)nc(-c3cc(-c4ccc5c(c4)c4ccccc4n5-c4ccccc4)c4sc5cnccc5c4c3)n2)cc1. The van der Waals surface area contributed by atoms with Gasteiger partial charge in [-0.2, -0.15) is 0 Å². The Labute approximate surface area is 291 Å². The molecule has 0 N–H and O–H groups in total. The van der Waals surface area contributed by atoms with Crippen LogP contribution in [0.25, 0.3) is 93.0 Å². The van der Waals surface area contributed by atoms with Crippen molar-refractivity contribution in [3.63, 3.8) is 0 Å². The second kappa shape index (κ2) is 11.6. The molecule has 234 valence electrons. The van der Waals surface area contributed by atoms with Gasteiger partial charge in [-0.05, 0) is 54.1 Å². The Kier molecular flexibility index (Phi) is 6.60. The van der Waals surface area contributed by atoms with E-state index in [-0.39, 0.29) is 0 Å². The van der Waals surface area contributed by atoms with Crippen molar-refractivity contribution in [2.24, 2.45) is 0 Å². The molecule has 0 saturated carbocycles. The fraction of sp³-hybridized carbons (Fsp3) is 0. The van der Waals surface area contributed by atoms with Crippen molar-refractivity contribution in [3.8, 4) is 51.0 Å². The van der Waals surface area contributed by atoms with E-state index in [1.807, 2.05) is 73.1 Å². The lowest BCUT2D eigenvalue weighted by molar-refractivity contribution is 1.07. The van der Waals surface area contributed by atoms with Crippen LogP contribution in [-0.2, 0) is 0 Å². The topological polar surface area (TPSA) is 56.5 Å². The average Bonchev–Trinajstić information content (AvgIpc) is 3.74. The van der Waals surface area contributed by atoms with Gasteiger partial charge >= 0.3 is 0 Å². The van der Waals surface area contributed by atoms with Gasteiger partial charge in [-0.3, -0.25) is 4.98 Å². The van der Waals surface area contributed by atoms with Gasteiger partial charge in [0.05, 0.1) is 15.7 Å². The van der Waals surface area contributed by atoms with Crippen LogP contribution in [0, 0.1) is 0 Å². The molecule has 0 atom stereocenters. The van der Waals surface area contributed by atoms with E-state index < -0.39 is 0 Å². The highest BCUT2D eigenvalue weighted by Gasteiger charge is 2.19. The molecule has 4 aromatic heterocycles. The highest BCUT2D eigenvalue weighted by Crippen LogP contribution is 2.44. The van der Waals surface area contributed by atoms with Crippen molar-refractivity contribution in [3.05, 3.63) is 164 Å². The van der Waals surface area contributed by atoms with Crippen LogP contribution in [0.4, 0.5) is 0 Å². The van der Waals surface area contributed by atoms with Gasteiger partial charge in [0.25, 0.3) is 0 Å². The fourth-order valence-corrected chi connectivity index (χ4v) is 8.20. The van der Waals surface area contributed by atoms with Crippen LogP contribution in [0.2, 0.25) is 0 Å². The number of thiophene rings is 1. The Bertz CT molecular complexity index is 2800. The quantitative estimate of drug-likeness (QED) is 0.185. The van der Waals surface area contributed by atoms with Crippen LogP contribution >= 0.6 is 11.3 Å². The monoisotopic (exact) mass is 657 g/mol. The van der Waals surface area contributed by atoms with Crippen LogP contribution in [0.15, 0.2) is 164 Å². The van der Waals surface area contributed by atoms with Crippen LogP contribution in [-0.4, -0.2) is 24.5 Å². The number of rotatable bonds is 5. The summed E-state index contributed by atoms with van der Waals surface area (Å²) < 4.78 is 4.71. The second-order valence-corrected chi connectivity index (χ2v) is 13.4. The number of aromatic nitrogens is 5. The molecule has 0 bridgehead atoms. The highest BCUT2D eigenvalue weighted by molar-refractivity contribution is 7.26. The van der Waals surface area contributed by atoms with E-state index in [0.29, 0.717) is 17.5 Å². The molecule has 0 aliphatic rings. The van der Waals surface area contributed by atoms with E-state index in [0.717, 1.165) is 43.6 Å². The van der Waals surface area contributed by atoms with Gasteiger partial charge in [0.1, 0.15) is 0 Å². The molecule has 0 spiro atoms. The van der Waals surface area contributed by atoms with Crippen molar-refractivity contribution in [1.82, 2.24) is 24.5 Å². The summed E-state index contributed by atoms with van der Waals surface area (Å²) in [5.74, 6) is 1.92. The van der Waals surface area contributed by atoms with Crippen molar-refractivity contribution in [1.29, 1.82) is 0 Å². The van der Waals surface area contributed by atoms with Gasteiger partial charge in [-0.25, -0.2) is 15.0 Å². The molecule has 0 radical (unpaired) electrons. The summed E-state index contributed by atoms with van der Waals surface area (Å²) in [6, 6.07) is 52.9. The van der Waals surface area contributed by atoms with Gasteiger partial charge in [0.2, 0.25) is 0 Å². The summed E-state index contributed by atoms with van der Waals surface area (Å²) in [6.07, 6.45) is 3.83. The minimum atomic E-state index is 0.635. The third kappa shape index (κ3) is 4.69. The van der Waals surface area contributed by atoms with Crippen molar-refractivity contribution in [2.45, 2.75) is 0 Å². The van der Waals surface area contributed by atoms with Crippen LogP contribution < -0.4 is 0 Å². The molecule has 50 heavy (non-hydrogen) atoms. The summed E-state index contributed by atoms with van der Waals surface area (Å²) in [6.45, 7) is 0. The van der Waals surface area contributed by atoms with Crippen molar-refractivity contribution >= 4 is 53.3 Å². The van der Waals surface area contributed by atoms with E-state index in [4.69, 9.17) is 15.0 Å². The Morgan fingerprint density at radius 2 is 1.04 bits per heavy atom. The zero-order chi connectivity index (χ0) is 33.0. The molecule has 0 aliphatic heterocycles. The lowest BCUT2D eigenvalue weighted by Crippen LogP contribution is -2.00. The van der Waals surface area contributed by atoms with Crippen LogP contribution in [0.3, 0.4) is 0 Å². The number of fused-ring (bicyclic) bond motifs is 6. The molecular weight excluding hydrogens is 631 g/mol. The molecule has 10 rings (SSSR count). The number of benzene rings is 6. The zero-order valence-electron chi connectivity index (χ0n) is 26.7. The number of pyridine rings is 1. The standard InChI is InChI=1S/C44H27N5S/c1-4-12-28(13-5-1)42-46-43(29-14-6-2-7-15-29)48-44(47-42)31-25-35(41-37(26-31)34-22-23-45-27-40(34)50-41)30-20-21-39-36(24-30)33-18-10-11-19-38(33)49(39)32-16-8-3-9-17-32/h1-27H. The summed E-state index contributed by atoms with van der Waals surface area (Å²) in [4.78, 5) is 19.6. The second-order valence-electron chi connectivity index (χ2n) is 12.3. The van der Waals surface area contributed by atoms with Crippen LogP contribution in [0.1, 0.15) is 0 Å². The minimum Gasteiger partial charge on any atom is -0.309 e. The molecule has 4 heterocycles. The molecule has 5 nitrogen and oxygen atoms in total. The summed E-state index contributed by atoms with van der Waals surface area (Å²) in [5.41, 5.74) is 8.61. The van der Waals surface area contributed by atoms with Crippen molar-refractivity contribution in [2.75, 3.05) is 0 Å². The van der Waals surface area contributed by atoms with E-state index in [2.05, 4.69) is 101 Å². The molecule has 6 aromatic carbocycles. The summed E-state index contributed by atoms with van der Waals surface area (Å²) in [5, 5.41) is 4.76. The predicted molar refractivity (Wildman–Crippen MR) is 207 cm³/mol. The molecule has 0 unspecified atom stereocenters. The zero-order valence-corrected chi connectivity index (χ0v) is 27.5. The summed E-state index contributed by atoms with van der Waals surface area (Å²) >= 11 is 1.78. The first-order chi connectivity index (χ1) is 24.8. The van der Waals surface area contributed by atoms with Gasteiger partial charge < -0.3 is 4.57 Å². The molecular formula is C44H27N5S. The maximum atomic E-state index is 5.10. The summed E-state index contributed by atoms with van der Waals surface area (Å²) in [7, 11) is 0. The van der Waals surface area contributed by atoms with Gasteiger partial charge in [0.15, 0.2) is 17.5 Å². The van der Waals surface area contributed by atoms with E-state index in [1.165, 1.54) is 31.9 Å². The third-order valence-corrected chi connectivity index (χ3v) is 10.5. The highest BCUT2D eigenvalue weighted by atomic mass is 32.1. The molecule has 6 heteroatoms. The Hall–Kier alpha value is -6.50. The van der Waals surface area contributed by atoms with Crippen LogP contribution in [0.5, 0.6) is 0 Å². The lowest BCUT2D eigenvalue weighted by Gasteiger charge is -2.12. The van der Waals surface area contributed by atoms with Gasteiger partial charge in [-0.15, -0.1) is 11.3 Å². The first-order valence-electron chi connectivity index (χ1n) is 16.5. The Morgan fingerprint density at radius 3 is 1.76 bits per heavy atom. The van der Waals surface area contributed by atoms with E-state index >= 15 is 0 Å². The normalized spacial score (nSPS) is 11.6. The number of para-hydroxylation sites is 2. The average molecular weight is 658 g/mol. The van der Waals surface area contributed by atoms with Gasteiger partial charge in [0, 0.05) is 66.6 Å². The first kappa shape index (κ1) is 28.5. The first-order valence-corrected chi connectivity index (χ1v) is 17.4. The maximum Gasteiger partial charge on any atom is 0.164 e. The lowest BCUT2D eigenvalue weighted by atomic mass is 9.97. The predicted octanol–water partition coefficient (Wildman–Crippen LogP) is 11.4. The van der Waals surface area contributed by atoms with Gasteiger partial charge in [-0.1, -0.05) is 103 Å². The molecule has 10 aromatic rings. The molecule has 0 fully saturated rings. The largest absolute Gasteiger partial charge is 0.309 e. The van der Waals surface area contributed by atoms with E-state index in [1.54, 1.807) is 11.3 Å². The number of hydrogen-bond acceptors (Lipinski definition) is 5. The molecule has 0 saturated heterocycles. The minimum absolute atomic E-state index is 0.635. The maximum absolute atomic E-state index is 5.10. The Balaban J connectivity index is 1.24. The third-order valence-electron chi connectivity index (χ3n) is 9.33. The fourth-order valence-electron chi connectivity index (χ4n) is 7.01. The molecule has 0 amide bonds. The molecule has 0 aliphatic carbocycles. The smallest absolute Gasteiger partial charge is 0.164 e. The number of nitrogens with zero attached hydrogens (tertiary/aromatic N) is 5. The van der Waals surface area contributed by atoms with Crippen molar-refractivity contribution < 1.29 is 0 Å². The van der Waals surface area contributed by atoms with E-state index in [9.17, 15) is 0 Å².